The largest absolute Gasteiger partial charge is 0.349 e. The minimum atomic E-state index is -0.894. The van der Waals surface area contributed by atoms with E-state index in [0.717, 1.165) is 77.0 Å². The van der Waals surface area contributed by atoms with Crippen LogP contribution in [0.1, 0.15) is 139 Å². The van der Waals surface area contributed by atoms with Crippen LogP contribution in [0.25, 0.3) is 0 Å². The lowest BCUT2D eigenvalue weighted by molar-refractivity contribution is -0.580. The van der Waals surface area contributed by atoms with Crippen molar-refractivity contribution >= 4 is 0 Å². The molecule has 12 saturated heterocycles. The van der Waals surface area contributed by atoms with E-state index >= 15 is 0 Å². The number of hydrogen-bond donors (Lipinski definition) is 0. The van der Waals surface area contributed by atoms with E-state index in [9.17, 15) is 0 Å². The smallest absolute Gasteiger partial charge is 0.201 e. The van der Waals surface area contributed by atoms with E-state index in [1.807, 2.05) is 20.8 Å². The summed E-state index contributed by atoms with van der Waals surface area (Å²) in [6.07, 6.45) is 7.16. The molecule has 12 heterocycles. The van der Waals surface area contributed by atoms with Gasteiger partial charge in [-0.1, -0.05) is 41.5 Å². The first-order chi connectivity index (χ1) is 30.1. The van der Waals surface area contributed by atoms with Crippen LogP contribution in [0.15, 0.2) is 0 Å². The van der Waals surface area contributed by atoms with Crippen LogP contribution in [0.4, 0.5) is 0 Å². The Kier molecular flexibility index (Phi) is 10.5. The molecule has 24 atom stereocenters. The van der Waals surface area contributed by atoms with Crippen molar-refractivity contribution in [2.24, 2.45) is 71.0 Å². The SMILES string of the molecule is C[C@@H]1CC[C@H]2[C@@H](C)C(OCC(COC3O[C@@H]4O[C@]5(C)CC[C@H]6[C@H](C)CC[C@@H]([C@H]3C)[C@@]46OO5)OC3O[C@@H]4O[C@]5(C)CC[C@H]6[C@H](C)CC[C@@H]([C@H]3C)[C@@]46OO5)O[C@@H]3O[C@]4(C)CC[C@@H]1[C@]32OO4. The molecule has 0 aromatic carbocycles. The number of ether oxygens (including phenoxy) is 9. The van der Waals surface area contributed by atoms with E-state index in [0.29, 0.717) is 17.8 Å². The minimum absolute atomic E-state index is 0.00269. The molecule has 15 aliphatic rings. The Morgan fingerprint density at radius 3 is 1.11 bits per heavy atom. The third-order valence-electron chi connectivity index (χ3n) is 19.5. The Morgan fingerprint density at radius 1 is 0.413 bits per heavy atom. The first-order valence-corrected chi connectivity index (χ1v) is 25.1. The number of rotatable bonds is 8. The molecule has 3 spiro atoms. The maximum atomic E-state index is 7.16. The van der Waals surface area contributed by atoms with E-state index in [1.54, 1.807) is 0 Å². The van der Waals surface area contributed by atoms with Gasteiger partial charge in [-0.2, -0.15) is 0 Å². The van der Waals surface area contributed by atoms with Gasteiger partial charge in [0.2, 0.25) is 17.4 Å². The predicted molar refractivity (Wildman–Crippen MR) is 217 cm³/mol. The molecule has 12 aliphatic heterocycles. The van der Waals surface area contributed by atoms with Crippen LogP contribution in [0.5, 0.6) is 0 Å². The Bertz CT molecular complexity index is 1660. The highest BCUT2D eigenvalue weighted by Gasteiger charge is 2.73. The van der Waals surface area contributed by atoms with Gasteiger partial charge >= 0.3 is 0 Å². The third kappa shape index (κ3) is 6.37. The summed E-state index contributed by atoms with van der Waals surface area (Å²) in [5, 5.41) is 0. The molecule has 0 N–H and O–H groups in total. The molecule has 15 nitrogen and oxygen atoms in total. The monoisotopic (exact) mass is 891 g/mol. The molecule has 0 amide bonds. The van der Waals surface area contributed by atoms with E-state index in [2.05, 4.69) is 41.5 Å². The normalized spacial score (nSPS) is 60.5. The summed E-state index contributed by atoms with van der Waals surface area (Å²) >= 11 is 0. The van der Waals surface area contributed by atoms with Gasteiger partial charge in [0.15, 0.2) is 54.5 Å². The van der Waals surface area contributed by atoms with Crippen LogP contribution in [0, 0.1) is 71.0 Å². The van der Waals surface area contributed by atoms with Crippen molar-refractivity contribution in [2.45, 2.75) is 217 Å². The van der Waals surface area contributed by atoms with Gasteiger partial charge in [-0.25, -0.2) is 29.3 Å². The molecule has 15 fully saturated rings. The second-order valence-electron chi connectivity index (χ2n) is 23.2. The summed E-state index contributed by atoms with van der Waals surface area (Å²) in [7, 11) is 0. The fraction of sp³-hybridized carbons (Fsp3) is 1.00. The zero-order valence-corrected chi connectivity index (χ0v) is 39.0. The zero-order valence-electron chi connectivity index (χ0n) is 39.0. The Balaban J connectivity index is 0.818. The maximum absolute atomic E-state index is 7.16. The molecule has 3 saturated carbocycles. The van der Waals surface area contributed by atoms with Crippen LogP contribution in [-0.4, -0.2) is 91.2 Å². The summed E-state index contributed by atoms with van der Waals surface area (Å²) < 4.78 is 61.9. The van der Waals surface area contributed by atoms with Crippen LogP contribution in [0.2, 0.25) is 0 Å². The van der Waals surface area contributed by atoms with Crippen molar-refractivity contribution < 1.29 is 72.0 Å². The van der Waals surface area contributed by atoms with E-state index < -0.39 is 78.0 Å². The highest BCUT2D eigenvalue weighted by Crippen LogP contribution is 2.64. The van der Waals surface area contributed by atoms with Crippen LogP contribution in [-0.2, 0) is 72.0 Å². The van der Waals surface area contributed by atoms with Gasteiger partial charge in [0.25, 0.3) is 0 Å². The van der Waals surface area contributed by atoms with Crippen molar-refractivity contribution in [3.63, 3.8) is 0 Å². The lowest BCUT2D eigenvalue weighted by Crippen LogP contribution is -2.71. The summed E-state index contributed by atoms with van der Waals surface area (Å²) in [5.74, 6) is -0.179. The van der Waals surface area contributed by atoms with Gasteiger partial charge in [-0.05, 0) is 114 Å². The molecular weight excluding hydrogens is 817 g/mol. The fourth-order valence-corrected chi connectivity index (χ4v) is 15.9. The van der Waals surface area contributed by atoms with Gasteiger partial charge in [0.05, 0.1) is 13.2 Å². The average Bonchev–Trinajstić information content (AvgIpc) is 3.74. The van der Waals surface area contributed by atoms with Crippen molar-refractivity contribution in [2.75, 3.05) is 13.2 Å². The molecule has 15 rings (SSSR count). The zero-order chi connectivity index (χ0) is 43.5. The molecule has 3 unspecified atom stereocenters. The van der Waals surface area contributed by atoms with E-state index in [4.69, 9.17) is 72.0 Å². The highest BCUT2D eigenvalue weighted by molar-refractivity contribution is 5.12. The topological polar surface area (TPSA) is 138 Å². The highest BCUT2D eigenvalue weighted by atomic mass is 17.3. The Morgan fingerprint density at radius 2 is 0.746 bits per heavy atom. The molecule has 6 bridgehead atoms. The predicted octanol–water partition coefficient (Wildman–Crippen LogP) is 8.03. The Labute approximate surface area is 372 Å². The summed E-state index contributed by atoms with van der Waals surface area (Å²) in [4.78, 5) is 37.7. The second-order valence-corrected chi connectivity index (χ2v) is 23.2. The van der Waals surface area contributed by atoms with E-state index in [-0.39, 0.29) is 66.5 Å². The van der Waals surface area contributed by atoms with Crippen molar-refractivity contribution in [3.05, 3.63) is 0 Å². The minimum Gasteiger partial charge on any atom is -0.349 e. The molecule has 15 heteroatoms. The van der Waals surface area contributed by atoms with Gasteiger partial charge in [-0.15, -0.1) is 0 Å². The number of hydrogen-bond acceptors (Lipinski definition) is 15. The van der Waals surface area contributed by atoms with Crippen molar-refractivity contribution in [1.82, 2.24) is 0 Å². The molecule has 0 aromatic heterocycles. The van der Waals surface area contributed by atoms with Crippen LogP contribution < -0.4 is 0 Å². The molecule has 356 valence electrons. The Hall–Kier alpha value is -0.600. The van der Waals surface area contributed by atoms with Crippen molar-refractivity contribution in [3.8, 4) is 0 Å². The van der Waals surface area contributed by atoms with Crippen LogP contribution in [0.3, 0.4) is 0 Å². The van der Waals surface area contributed by atoms with E-state index in [1.165, 1.54) is 0 Å². The van der Waals surface area contributed by atoms with Crippen LogP contribution >= 0.6 is 0 Å². The first-order valence-electron chi connectivity index (χ1n) is 25.1. The lowest BCUT2D eigenvalue weighted by atomic mass is 9.58. The van der Waals surface area contributed by atoms with Gasteiger partial charge in [0, 0.05) is 54.8 Å². The fourth-order valence-electron chi connectivity index (χ4n) is 15.9. The number of fused-ring (bicyclic) bond motifs is 6. The summed E-state index contributed by atoms with van der Waals surface area (Å²) in [6.45, 7) is 19.9. The standard InChI is InChI=1S/C48H74O15/c1-24-10-13-34-27(4)37(52-40-46(34)31(24)16-19-43(7,55-40)58-61-46)49-22-30(51-39-29(6)36-15-12-26(3)33-18-21-45(9)57-42(54-39)48(33,36)63-60-45)23-50-38-28(5)35-14-11-25(2)32-17-20-44(8)56-41(53-38)47(32,35)62-59-44/h24-42H,10-23H2,1-9H3/t24-,25-,26-,27-,28-,29-,30?,31+,32+,33+,34+,35+,36+,37?,38?,39?,40-,41-,42-,43+,44+,45+,46-,47-,48-/m1/s1. The quantitative estimate of drug-likeness (QED) is 0.217. The summed E-state index contributed by atoms with van der Waals surface area (Å²) in [6, 6.07) is 0. The van der Waals surface area contributed by atoms with Gasteiger partial charge < -0.3 is 42.6 Å². The lowest BCUT2D eigenvalue weighted by Gasteiger charge is -2.60. The van der Waals surface area contributed by atoms with Crippen molar-refractivity contribution in [1.29, 1.82) is 0 Å². The molecular formula is C48H74O15. The molecule has 63 heavy (non-hydrogen) atoms. The second kappa shape index (κ2) is 15.2. The average molecular weight is 891 g/mol. The van der Waals surface area contributed by atoms with Gasteiger partial charge in [0.1, 0.15) is 6.10 Å². The van der Waals surface area contributed by atoms with Gasteiger partial charge in [-0.3, -0.25) is 0 Å². The third-order valence-corrected chi connectivity index (χ3v) is 19.5. The summed E-state index contributed by atoms with van der Waals surface area (Å²) in [5.41, 5.74) is -2.07. The first kappa shape index (κ1) is 43.7. The molecule has 0 aromatic rings. The molecule has 3 aliphatic carbocycles. The maximum Gasteiger partial charge on any atom is 0.201 e. The molecule has 0 radical (unpaired) electrons.